The molecule has 0 fully saturated rings. The van der Waals surface area contributed by atoms with Gasteiger partial charge in [-0.15, -0.1) is 10.2 Å². The Hall–Kier alpha value is -2.02. The number of nitrogens with two attached hydrogens (primary N) is 1. The molecule has 0 amide bonds. The normalized spacial score (nSPS) is 10.6. The van der Waals surface area contributed by atoms with Gasteiger partial charge in [0.05, 0.1) is 5.56 Å². The molecule has 0 atom stereocenters. The van der Waals surface area contributed by atoms with Crippen molar-refractivity contribution < 1.29 is 9.90 Å². The lowest BCUT2D eigenvalue weighted by Gasteiger charge is -2.06. The van der Waals surface area contributed by atoms with Gasteiger partial charge >= 0.3 is 5.97 Å². The predicted molar refractivity (Wildman–Crippen MR) is 67.7 cm³/mol. The Labute approximate surface area is 108 Å². The van der Waals surface area contributed by atoms with Crippen molar-refractivity contribution in [2.24, 2.45) is 7.05 Å². The first kappa shape index (κ1) is 12.4. The molecule has 1 aromatic heterocycles. The lowest BCUT2D eigenvalue weighted by atomic mass is 10.2. The van der Waals surface area contributed by atoms with Crippen LogP contribution in [-0.4, -0.2) is 25.8 Å². The van der Waals surface area contributed by atoms with Crippen LogP contribution in [0.5, 0.6) is 0 Å². The minimum absolute atomic E-state index is 0.204. The van der Waals surface area contributed by atoms with Crippen LogP contribution in [0.2, 0.25) is 0 Å². The van der Waals surface area contributed by atoms with Crippen LogP contribution in [0.15, 0.2) is 28.3 Å². The number of benzene rings is 1. The van der Waals surface area contributed by atoms with Crippen molar-refractivity contribution >= 4 is 23.4 Å². The molecule has 1 aromatic carbocycles. The highest BCUT2D eigenvalue weighted by molar-refractivity contribution is 7.99. The van der Waals surface area contributed by atoms with Gasteiger partial charge in [0.1, 0.15) is 5.82 Å². The molecule has 0 aliphatic carbocycles. The van der Waals surface area contributed by atoms with Crippen molar-refractivity contribution in [1.82, 2.24) is 14.8 Å². The maximum atomic E-state index is 11.1. The lowest BCUT2D eigenvalue weighted by Crippen LogP contribution is -2.01. The van der Waals surface area contributed by atoms with Gasteiger partial charge in [0.25, 0.3) is 0 Å². The molecule has 7 heteroatoms. The summed E-state index contributed by atoms with van der Waals surface area (Å²) in [6.07, 6.45) is 0. The third kappa shape index (κ3) is 2.30. The van der Waals surface area contributed by atoms with Crippen LogP contribution < -0.4 is 5.73 Å². The zero-order chi connectivity index (χ0) is 13.3. The largest absolute Gasteiger partial charge is 0.478 e. The van der Waals surface area contributed by atoms with Gasteiger partial charge in [-0.3, -0.25) is 0 Å². The van der Waals surface area contributed by atoms with Gasteiger partial charge in [0.15, 0.2) is 5.16 Å². The van der Waals surface area contributed by atoms with Crippen LogP contribution in [0.3, 0.4) is 0 Å². The van der Waals surface area contributed by atoms with Crippen LogP contribution in [0, 0.1) is 6.92 Å². The van der Waals surface area contributed by atoms with E-state index in [0.29, 0.717) is 15.7 Å². The van der Waals surface area contributed by atoms with Gasteiger partial charge in [-0.25, -0.2) is 4.79 Å². The number of nitrogens with zero attached hydrogens (tertiary/aromatic N) is 3. The summed E-state index contributed by atoms with van der Waals surface area (Å²) in [5, 5.41) is 17.6. The first-order chi connectivity index (χ1) is 8.49. The number of hydrogen-bond acceptors (Lipinski definition) is 5. The minimum atomic E-state index is -0.989. The summed E-state index contributed by atoms with van der Waals surface area (Å²) >= 11 is 1.23. The molecule has 0 saturated heterocycles. The number of nitrogen functional groups attached to an aromatic ring is 1. The lowest BCUT2D eigenvalue weighted by molar-refractivity contribution is 0.0693. The maximum absolute atomic E-state index is 11.1. The van der Waals surface area contributed by atoms with Crippen molar-refractivity contribution in [2.45, 2.75) is 17.0 Å². The second-order valence-electron chi connectivity index (χ2n) is 3.75. The number of hydrogen-bond donors (Lipinski definition) is 2. The van der Waals surface area contributed by atoms with Crippen LogP contribution in [0.25, 0.3) is 0 Å². The molecule has 0 bridgehead atoms. The van der Waals surface area contributed by atoms with E-state index in [1.165, 1.54) is 17.8 Å². The van der Waals surface area contributed by atoms with E-state index in [1.54, 1.807) is 16.7 Å². The SMILES string of the molecule is Cc1nnc(Sc2cc(N)ccc2C(=O)O)n1C. The summed E-state index contributed by atoms with van der Waals surface area (Å²) in [4.78, 5) is 11.7. The number of aromatic carboxylic acids is 1. The standard InChI is InChI=1S/C11H12N4O2S/c1-6-13-14-11(15(6)2)18-9-5-7(12)3-4-8(9)10(16)17/h3-5H,12H2,1-2H3,(H,16,17). The Morgan fingerprint density at radius 2 is 2.17 bits per heavy atom. The first-order valence-electron chi connectivity index (χ1n) is 5.15. The molecule has 3 N–H and O–H groups in total. The monoisotopic (exact) mass is 264 g/mol. The van der Waals surface area contributed by atoms with Gasteiger partial charge < -0.3 is 15.4 Å². The predicted octanol–water partition coefficient (Wildman–Crippen LogP) is 1.56. The number of carbonyl (C=O) groups is 1. The summed E-state index contributed by atoms with van der Waals surface area (Å²) < 4.78 is 1.79. The minimum Gasteiger partial charge on any atom is -0.478 e. The Morgan fingerprint density at radius 3 is 2.72 bits per heavy atom. The highest BCUT2D eigenvalue weighted by Gasteiger charge is 2.14. The van der Waals surface area contributed by atoms with Crippen LogP contribution in [0.4, 0.5) is 5.69 Å². The van der Waals surface area contributed by atoms with Gasteiger partial charge in [-0.2, -0.15) is 0 Å². The summed E-state index contributed by atoms with van der Waals surface area (Å²) in [5.41, 5.74) is 6.39. The average Bonchev–Trinajstić information content (AvgIpc) is 2.61. The molecule has 18 heavy (non-hydrogen) atoms. The molecule has 0 unspecified atom stereocenters. The summed E-state index contributed by atoms with van der Waals surface area (Å²) in [7, 11) is 1.82. The topological polar surface area (TPSA) is 94.0 Å². The van der Waals surface area contributed by atoms with E-state index in [9.17, 15) is 4.79 Å². The van der Waals surface area contributed by atoms with Crippen molar-refractivity contribution in [3.05, 3.63) is 29.6 Å². The van der Waals surface area contributed by atoms with Crippen LogP contribution in [-0.2, 0) is 7.05 Å². The zero-order valence-electron chi connectivity index (χ0n) is 9.91. The Balaban J connectivity index is 2.42. The molecule has 1 heterocycles. The second kappa shape index (κ2) is 4.69. The summed E-state index contributed by atoms with van der Waals surface area (Å²) in [6.45, 7) is 1.83. The van der Waals surface area contributed by atoms with Crippen molar-refractivity contribution in [2.75, 3.05) is 5.73 Å². The van der Waals surface area contributed by atoms with Gasteiger partial charge in [-0.05, 0) is 36.9 Å². The first-order valence-corrected chi connectivity index (χ1v) is 5.97. The number of rotatable bonds is 3. The fourth-order valence-electron chi connectivity index (χ4n) is 1.37. The molecule has 94 valence electrons. The maximum Gasteiger partial charge on any atom is 0.336 e. The van der Waals surface area contributed by atoms with Crippen molar-refractivity contribution in [3.63, 3.8) is 0 Å². The molecule has 0 radical (unpaired) electrons. The van der Waals surface area contributed by atoms with E-state index in [1.807, 2.05) is 14.0 Å². The fourth-order valence-corrected chi connectivity index (χ4v) is 2.38. The molecule has 2 aromatic rings. The molecular weight excluding hydrogens is 252 g/mol. The smallest absolute Gasteiger partial charge is 0.336 e. The zero-order valence-corrected chi connectivity index (χ0v) is 10.7. The van der Waals surface area contributed by atoms with E-state index in [2.05, 4.69) is 10.2 Å². The van der Waals surface area contributed by atoms with E-state index in [-0.39, 0.29) is 5.56 Å². The summed E-state index contributed by atoms with van der Waals surface area (Å²) in [5.74, 6) is -0.227. The Morgan fingerprint density at radius 1 is 1.44 bits per heavy atom. The molecule has 2 rings (SSSR count). The van der Waals surface area contributed by atoms with Crippen molar-refractivity contribution in [1.29, 1.82) is 0 Å². The molecule has 0 aliphatic heterocycles. The highest BCUT2D eigenvalue weighted by atomic mass is 32.2. The van der Waals surface area contributed by atoms with E-state index >= 15 is 0 Å². The number of carboxylic acid groups (broad SMARTS) is 1. The quantitative estimate of drug-likeness (QED) is 0.817. The van der Waals surface area contributed by atoms with Crippen LogP contribution in [0.1, 0.15) is 16.2 Å². The molecule has 0 aliphatic rings. The second-order valence-corrected chi connectivity index (χ2v) is 4.76. The van der Waals surface area contributed by atoms with E-state index in [0.717, 1.165) is 5.82 Å². The average molecular weight is 264 g/mol. The molecular formula is C11H12N4O2S. The fraction of sp³-hybridized carbons (Fsp3) is 0.182. The van der Waals surface area contributed by atoms with Gasteiger partial charge in [0, 0.05) is 17.6 Å². The Kier molecular flexibility index (Phi) is 3.24. The van der Waals surface area contributed by atoms with E-state index < -0.39 is 5.97 Å². The summed E-state index contributed by atoms with van der Waals surface area (Å²) in [6, 6.07) is 4.68. The van der Waals surface area contributed by atoms with Crippen LogP contribution >= 0.6 is 11.8 Å². The van der Waals surface area contributed by atoms with Gasteiger partial charge in [0.2, 0.25) is 0 Å². The van der Waals surface area contributed by atoms with Crippen molar-refractivity contribution in [3.8, 4) is 0 Å². The highest BCUT2D eigenvalue weighted by Crippen LogP contribution is 2.30. The molecule has 0 spiro atoms. The third-order valence-corrected chi connectivity index (χ3v) is 3.59. The van der Waals surface area contributed by atoms with E-state index in [4.69, 9.17) is 10.8 Å². The number of anilines is 1. The third-order valence-electron chi connectivity index (χ3n) is 2.49. The molecule has 0 saturated carbocycles. The van der Waals surface area contributed by atoms with Gasteiger partial charge in [-0.1, -0.05) is 0 Å². The number of aromatic nitrogens is 3. The Bertz CT molecular complexity index is 609. The molecule has 6 nitrogen and oxygen atoms in total. The number of carboxylic acids is 1. The number of aryl methyl sites for hydroxylation is 1.